The standard InChI is InChI=1S/C14H22N6O2/c1-10-6-11(16-15-10)7-13-17-18-14(19(13)2)20-4-5-22-12(8-20)9-21-3/h6,12H,4-5,7-9H2,1-3H3,(H,15,16). The van der Waals surface area contributed by atoms with Crippen LogP contribution in [-0.4, -0.2) is 64.5 Å². The van der Waals surface area contributed by atoms with E-state index in [-0.39, 0.29) is 6.10 Å². The van der Waals surface area contributed by atoms with Crippen molar-refractivity contribution < 1.29 is 9.47 Å². The fourth-order valence-electron chi connectivity index (χ4n) is 2.70. The minimum Gasteiger partial charge on any atom is -0.382 e. The maximum absolute atomic E-state index is 5.68. The molecule has 1 aliphatic rings. The summed E-state index contributed by atoms with van der Waals surface area (Å²) in [6.45, 7) is 4.83. The third-order valence-electron chi connectivity index (χ3n) is 3.81. The van der Waals surface area contributed by atoms with E-state index in [9.17, 15) is 0 Å². The van der Waals surface area contributed by atoms with E-state index in [2.05, 4.69) is 25.3 Å². The Morgan fingerprint density at radius 2 is 2.32 bits per heavy atom. The quantitative estimate of drug-likeness (QED) is 0.855. The molecule has 0 saturated carbocycles. The van der Waals surface area contributed by atoms with Gasteiger partial charge in [-0.05, 0) is 13.0 Å². The molecule has 1 unspecified atom stereocenters. The van der Waals surface area contributed by atoms with E-state index < -0.39 is 0 Å². The Labute approximate surface area is 129 Å². The fourth-order valence-corrected chi connectivity index (χ4v) is 2.70. The van der Waals surface area contributed by atoms with E-state index in [0.717, 1.165) is 36.3 Å². The van der Waals surface area contributed by atoms with Crippen molar-refractivity contribution in [1.29, 1.82) is 0 Å². The molecule has 2 aromatic heterocycles. The second-order valence-electron chi connectivity index (χ2n) is 5.59. The number of rotatable bonds is 5. The molecule has 1 aliphatic heterocycles. The van der Waals surface area contributed by atoms with Crippen molar-refractivity contribution in [3.05, 3.63) is 23.3 Å². The van der Waals surface area contributed by atoms with Gasteiger partial charge in [-0.3, -0.25) is 5.10 Å². The molecule has 0 spiro atoms. The average molecular weight is 306 g/mol. The molecule has 0 bridgehead atoms. The summed E-state index contributed by atoms with van der Waals surface area (Å²) in [6.07, 6.45) is 0.743. The maximum Gasteiger partial charge on any atom is 0.227 e. The van der Waals surface area contributed by atoms with E-state index in [4.69, 9.17) is 9.47 Å². The van der Waals surface area contributed by atoms with Gasteiger partial charge in [0, 0.05) is 32.9 Å². The molecule has 0 aromatic carbocycles. The molecule has 0 radical (unpaired) electrons. The molecule has 1 fully saturated rings. The van der Waals surface area contributed by atoms with Crippen LogP contribution < -0.4 is 4.90 Å². The van der Waals surface area contributed by atoms with Crippen molar-refractivity contribution in [3.8, 4) is 0 Å². The minimum atomic E-state index is 0.0768. The molecular formula is C14H22N6O2. The molecule has 0 amide bonds. The predicted molar refractivity (Wildman–Crippen MR) is 81.0 cm³/mol. The number of H-pyrrole nitrogens is 1. The van der Waals surface area contributed by atoms with Crippen LogP contribution in [0.25, 0.3) is 0 Å². The number of nitrogens with zero attached hydrogens (tertiary/aromatic N) is 5. The lowest BCUT2D eigenvalue weighted by atomic mass is 10.3. The van der Waals surface area contributed by atoms with Crippen LogP contribution in [0.4, 0.5) is 5.95 Å². The first-order valence-corrected chi connectivity index (χ1v) is 7.42. The Morgan fingerprint density at radius 3 is 3.05 bits per heavy atom. The number of ether oxygens (including phenoxy) is 2. The molecule has 8 nitrogen and oxygen atoms in total. The van der Waals surface area contributed by atoms with Gasteiger partial charge in [-0.15, -0.1) is 10.2 Å². The molecule has 1 saturated heterocycles. The van der Waals surface area contributed by atoms with Crippen molar-refractivity contribution in [1.82, 2.24) is 25.0 Å². The monoisotopic (exact) mass is 306 g/mol. The van der Waals surface area contributed by atoms with Crippen LogP contribution in [0.2, 0.25) is 0 Å². The first-order valence-electron chi connectivity index (χ1n) is 7.42. The van der Waals surface area contributed by atoms with Crippen molar-refractivity contribution in [3.63, 3.8) is 0 Å². The number of aryl methyl sites for hydroxylation is 1. The first-order chi connectivity index (χ1) is 10.7. The topological polar surface area (TPSA) is 81.1 Å². The molecule has 8 heteroatoms. The van der Waals surface area contributed by atoms with Gasteiger partial charge in [-0.1, -0.05) is 0 Å². The van der Waals surface area contributed by atoms with E-state index in [1.165, 1.54) is 0 Å². The predicted octanol–water partition coefficient (Wildman–Crippen LogP) is 0.289. The minimum absolute atomic E-state index is 0.0768. The van der Waals surface area contributed by atoms with Crippen LogP contribution in [-0.2, 0) is 22.9 Å². The SMILES string of the molecule is COCC1CN(c2nnc(Cc3cc(C)[nH]n3)n2C)CCO1. The van der Waals surface area contributed by atoms with Gasteiger partial charge in [0.05, 0.1) is 31.4 Å². The van der Waals surface area contributed by atoms with Gasteiger partial charge >= 0.3 is 0 Å². The van der Waals surface area contributed by atoms with Crippen molar-refractivity contribution >= 4 is 5.95 Å². The number of hydrogen-bond acceptors (Lipinski definition) is 6. The molecular weight excluding hydrogens is 284 g/mol. The van der Waals surface area contributed by atoms with Crippen LogP contribution in [0.1, 0.15) is 17.2 Å². The van der Waals surface area contributed by atoms with Gasteiger partial charge < -0.3 is 18.9 Å². The molecule has 3 heterocycles. The smallest absolute Gasteiger partial charge is 0.227 e. The van der Waals surface area contributed by atoms with Gasteiger partial charge in [-0.2, -0.15) is 5.10 Å². The number of morpholine rings is 1. The molecule has 1 atom stereocenters. The largest absolute Gasteiger partial charge is 0.382 e. The number of aromatic nitrogens is 5. The summed E-state index contributed by atoms with van der Waals surface area (Å²) in [4.78, 5) is 2.19. The van der Waals surface area contributed by atoms with Crippen LogP contribution >= 0.6 is 0 Å². The van der Waals surface area contributed by atoms with Crippen LogP contribution in [0, 0.1) is 6.92 Å². The molecule has 0 aliphatic carbocycles. The zero-order chi connectivity index (χ0) is 15.5. The highest BCUT2D eigenvalue weighted by atomic mass is 16.5. The molecule has 2 aromatic rings. The summed E-state index contributed by atoms with van der Waals surface area (Å²) in [6, 6.07) is 2.03. The second kappa shape index (κ2) is 6.45. The fraction of sp³-hybridized carbons (Fsp3) is 0.643. The van der Waals surface area contributed by atoms with E-state index in [0.29, 0.717) is 19.6 Å². The second-order valence-corrected chi connectivity index (χ2v) is 5.59. The number of hydrogen-bond donors (Lipinski definition) is 1. The summed E-state index contributed by atoms with van der Waals surface area (Å²) in [7, 11) is 3.68. The molecule has 22 heavy (non-hydrogen) atoms. The Hall–Kier alpha value is -1.93. The summed E-state index contributed by atoms with van der Waals surface area (Å²) >= 11 is 0. The van der Waals surface area contributed by atoms with Gasteiger partial charge in [0.15, 0.2) is 0 Å². The summed E-state index contributed by atoms with van der Waals surface area (Å²) in [5.41, 5.74) is 2.02. The van der Waals surface area contributed by atoms with Gasteiger partial charge in [0.2, 0.25) is 5.95 Å². The lowest BCUT2D eigenvalue weighted by Crippen LogP contribution is -2.45. The normalized spacial score (nSPS) is 18.9. The van der Waals surface area contributed by atoms with E-state index in [1.54, 1.807) is 7.11 Å². The van der Waals surface area contributed by atoms with Crippen molar-refractivity contribution in [2.75, 3.05) is 38.3 Å². The van der Waals surface area contributed by atoms with Crippen LogP contribution in [0.15, 0.2) is 6.07 Å². The third-order valence-corrected chi connectivity index (χ3v) is 3.81. The molecule has 3 rings (SSSR count). The molecule has 1 N–H and O–H groups in total. The zero-order valence-electron chi connectivity index (χ0n) is 13.2. The van der Waals surface area contributed by atoms with Crippen molar-refractivity contribution in [2.24, 2.45) is 7.05 Å². The van der Waals surface area contributed by atoms with Gasteiger partial charge in [0.1, 0.15) is 5.82 Å². The zero-order valence-corrected chi connectivity index (χ0v) is 13.2. The Morgan fingerprint density at radius 1 is 1.45 bits per heavy atom. The highest BCUT2D eigenvalue weighted by molar-refractivity contribution is 5.32. The Kier molecular flexibility index (Phi) is 4.39. The number of aromatic amines is 1. The van der Waals surface area contributed by atoms with Gasteiger partial charge in [-0.25, -0.2) is 0 Å². The summed E-state index contributed by atoms with van der Waals surface area (Å²) in [5, 5.41) is 15.9. The van der Waals surface area contributed by atoms with E-state index >= 15 is 0 Å². The number of nitrogens with one attached hydrogen (secondary N) is 1. The number of anilines is 1. The first kappa shape index (κ1) is 15.0. The summed E-state index contributed by atoms with van der Waals surface area (Å²) < 4.78 is 12.9. The van der Waals surface area contributed by atoms with Gasteiger partial charge in [0.25, 0.3) is 0 Å². The van der Waals surface area contributed by atoms with Crippen LogP contribution in [0.3, 0.4) is 0 Å². The lowest BCUT2D eigenvalue weighted by molar-refractivity contribution is -0.0105. The van der Waals surface area contributed by atoms with Crippen LogP contribution in [0.5, 0.6) is 0 Å². The summed E-state index contributed by atoms with van der Waals surface area (Å²) in [5.74, 6) is 1.77. The molecule has 120 valence electrons. The van der Waals surface area contributed by atoms with Crippen molar-refractivity contribution in [2.45, 2.75) is 19.4 Å². The Balaban J connectivity index is 1.72. The Bertz CT molecular complexity index is 621. The van der Waals surface area contributed by atoms with E-state index in [1.807, 2.05) is 24.6 Å². The highest BCUT2D eigenvalue weighted by Gasteiger charge is 2.24. The average Bonchev–Trinajstić information content (AvgIpc) is 3.07. The number of methoxy groups -OCH3 is 1. The third kappa shape index (κ3) is 3.12. The lowest BCUT2D eigenvalue weighted by Gasteiger charge is -2.32. The maximum atomic E-state index is 5.68. The highest BCUT2D eigenvalue weighted by Crippen LogP contribution is 2.17.